The first-order valence-corrected chi connectivity index (χ1v) is 5.84. The van der Waals surface area contributed by atoms with Crippen LogP contribution in [0.5, 0.6) is 10.9 Å². The van der Waals surface area contributed by atoms with Crippen LogP contribution in [0.4, 0.5) is 5.69 Å². The molecule has 0 radical (unpaired) electrons. The van der Waals surface area contributed by atoms with Crippen molar-refractivity contribution in [3.8, 4) is 10.9 Å². The van der Waals surface area contributed by atoms with Crippen molar-refractivity contribution in [2.24, 2.45) is 0 Å². The Balaban J connectivity index is 2.33. The molecule has 0 spiro atoms. The Morgan fingerprint density at radius 3 is 2.78 bits per heavy atom. The van der Waals surface area contributed by atoms with Gasteiger partial charge in [-0.1, -0.05) is 35.1 Å². The van der Waals surface area contributed by atoms with E-state index < -0.39 is 4.92 Å². The van der Waals surface area contributed by atoms with E-state index >= 15 is 0 Å². The van der Waals surface area contributed by atoms with E-state index in [2.05, 4.69) is 4.98 Å². The largest absolute Gasteiger partial charge is 0.423 e. The topological polar surface area (TPSA) is 82.3 Å². The molecule has 18 heavy (non-hydrogen) atoms. The number of nitrogens with zero attached hydrogens (tertiary/aromatic N) is 2. The van der Waals surface area contributed by atoms with Gasteiger partial charge in [-0.3, -0.25) is 14.9 Å². The van der Waals surface area contributed by atoms with E-state index in [1.807, 2.05) is 0 Å². The van der Waals surface area contributed by atoms with Crippen LogP contribution in [0.15, 0.2) is 24.3 Å². The van der Waals surface area contributed by atoms with Crippen LogP contribution in [0.2, 0.25) is 5.15 Å². The lowest BCUT2D eigenvalue weighted by molar-refractivity contribution is -0.385. The number of para-hydroxylation sites is 2. The summed E-state index contributed by atoms with van der Waals surface area (Å²) in [6.07, 6.45) is 0.548. The Morgan fingerprint density at radius 2 is 2.17 bits per heavy atom. The minimum absolute atomic E-state index is 0.0172. The van der Waals surface area contributed by atoms with Crippen molar-refractivity contribution in [2.45, 2.75) is 0 Å². The van der Waals surface area contributed by atoms with Gasteiger partial charge in [0.05, 0.1) is 4.92 Å². The molecule has 0 bridgehead atoms. The van der Waals surface area contributed by atoms with Crippen molar-refractivity contribution in [2.75, 3.05) is 0 Å². The molecule has 0 saturated carbocycles. The van der Waals surface area contributed by atoms with Crippen molar-refractivity contribution >= 4 is 34.9 Å². The monoisotopic (exact) mass is 284 g/mol. The fraction of sp³-hybridized carbons (Fsp3) is 0. The van der Waals surface area contributed by atoms with E-state index in [4.69, 9.17) is 16.3 Å². The summed E-state index contributed by atoms with van der Waals surface area (Å²) in [4.78, 5) is 24.8. The van der Waals surface area contributed by atoms with Crippen molar-refractivity contribution < 1.29 is 14.5 Å². The zero-order chi connectivity index (χ0) is 13.1. The molecule has 0 aliphatic heterocycles. The number of carbonyl (C=O) groups is 1. The molecule has 2 aromatic rings. The number of ether oxygens (including phenoxy) is 1. The summed E-state index contributed by atoms with van der Waals surface area (Å²) in [5.74, 6) is 0.0466. The predicted molar refractivity (Wildman–Crippen MR) is 65.7 cm³/mol. The number of carbonyl (C=O) groups excluding carboxylic acids is 1. The van der Waals surface area contributed by atoms with Gasteiger partial charge in [0.2, 0.25) is 5.75 Å². The van der Waals surface area contributed by atoms with Crippen LogP contribution in [-0.2, 0) is 0 Å². The van der Waals surface area contributed by atoms with Gasteiger partial charge in [-0.25, -0.2) is 0 Å². The molecule has 0 amide bonds. The van der Waals surface area contributed by atoms with Gasteiger partial charge in [-0.15, -0.1) is 0 Å². The smallest absolute Gasteiger partial charge is 0.311 e. The van der Waals surface area contributed by atoms with Crippen LogP contribution in [0, 0.1) is 10.1 Å². The molecule has 0 saturated heterocycles. The molecule has 2 rings (SSSR count). The van der Waals surface area contributed by atoms with Gasteiger partial charge < -0.3 is 4.74 Å². The predicted octanol–water partition coefficient (Wildman–Crippen LogP) is 3.31. The zero-order valence-electron chi connectivity index (χ0n) is 8.70. The van der Waals surface area contributed by atoms with Crippen LogP contribution in [0.1, 0.15) is 9.67 Å². The Morgan fingerprint density at radius 1 is 1.44 bits per heavy atom. The van der Waals surface area contributed by atoms with Gasteiger partial charge >= 0.3 is 5.69 Å². The van der Waals surface area contributed by atoms with Gasteiger partial charge in [0.1, 0.15) is 4.88 Å². The summed E-state index contributed by atoms with van der Waals surface area (Å²) < 4.78 is 5.26. The van der Waals surface area contributed by atoms with Crippen LogP contribution in [0.25, 0.3) is 0 Å². The number of halogens is 1. The summed E-state index contributed by atoms with van der Waals surface area (Å²) in [5, 5.41) is 10.9. The van der Waals surface area contributed by atoms with E-state index in [1.165, 1.54) is 18.2 Å². The number of thiazole rings is 1. The lowest BCUT2D eigenvalue weighted by Gasteiger charge is -2.01. The number of rotatable bonds is 4. The average Bonchev–Trinajstić information content (AvgIpc) is 2.70. The highest BCUT2D eigenvalue weighted by Crippen LogP contribution is 2.35. The molecule has 1 heterocycles. The number of hydrogen-bond acceptors (Lipinski definition) is 6. The number of hydrogen-bond donors (Lipinski definition) is 0. The molecule has 0 atom stereocenters. The van der Waals surface area contributed by atoms with E-state index in [1.54, 1.807) is 6.07 Å². The standard InChI is InChI=1S/C10H5ClN2O4S/c11-9-8(5-14)18-10(12-9)17-7-4-2-1-3-6(7)13(15)16/h1-5H. The van der Waals surface area contributed by atoms with Crippen LogP contribution in [0.3, 0.4) is 0 Å². The lowest BCUT2D eigenvalue weighted by Crippen LogP contribution is -1.92. The third-order valence-corrected chi connectivity index (χ3v) is 3.22. The lowest BCUT2D eigenvalue weighted by atomic mass is 10.3. The first kappa shape index (κ1) is 12.5. The first-order valence-electron chi connectivity index (χ1n) is 4.64. The molecule has 0 aliphatic carbocycles. The van der Waals surface area contributed by atoms with Crippen molar-refractivity contribution in [3.05, 3.63) is 44.4 Å². The highest BCUT2D eigenvalue weighted by atomic mass is 35.5. The highest BCUT2D eigenvalue weighted by Gasteiger charge is 2.17. The second kappa shape index (κ2) is 5.11. The maximum absolute atomic E-state index is 10.8. The Labute approximate surface area is 110 Å². The summed E-state index contributed by atoms with van der Waals surface area (Å²) in [6, 6.07) is 5.87. The molecule has 0 N–H and O–H groups in total. The summed E-state index contributed by atoms with van der Waals surface area (Å²) in [7, 11) is 0. The van der Waals surface area contributed by atoms with Gasteiger partial charge in [0.25, 0.3) is 5.19 Å². The second-order valence-corrected chi connectivity index (χ2v) is 4.43. The van der Waals surface area contributed by atoms with E-state index in [-0.39, 0.29) is 26.7 Å². The van der Waals surface area contributed by atoms with Crippen molar-refractivity contribution in [1.82, 2.24) is 4.98 Å². The van der Waals surface area contributed by atoms with E-state index in [9.17, 15) is 14.9 Å². The van der Waals surface area contributed by atoms with Crippen molar-refractivity contribution in [3.63, 3.8) is 0 Å². The van der Waals surface area contributed by atoms with E-state index in [0.717, 1.165) is 11.3 Å². The van der Waals surface area contributed by atoms with Crippen LogP contribution < -0.4 is 4.74 Å². The van der Waals surface area contributed by atoms with Gasteiger partial charge in [0.15, 0.2) is 11.4 Å². The molecular formula is C10H5ClN2O4S. The second-order valence-electron chi connectivity index (χ2n) is 3.08. The average molecular weight is 285 g/mol. The quantitative estimate of drug-likeness (QED) is 0.488. The molecule has 0 unspecified atom stereocenters. The maximum atomic E-state index is 10.8. The molecule has 92 valence electrons. The third-order valence-electron chi connectivity index (χ3n) is 1.96. The third kappa shape index (κ3) is 2.47. The fourth-order valence-corrected chi connectivity index (χ4v) is 2.12. The fourth-order valence-electron chi connectivity index (χ4n) is 1.20. The molecule has 1 aromatic carbocycles. The van der Waals surface area contributed by atoms with Crippen LogP contribution in [-0.4, -0.2) is 16.2 Å². The van der Waals surface area contributed by atoms with Crippen LogP contribution >= 0.6 is 22.9 Å². The minimum atomic E-state index is -0.564. The normalized spacial score (nSPS) is 10.1. The Bertz CT molecular complexity index is 614. The van der Waals surface area contributed by atoms with Gasteiger partial charge in [0, 0.05) is 6.07 Å². The SMILES string of the molecule is O=Cc1sc(Oc2ccccc2[N+](=O)[O-])nc1Cl. The number of benzene rings is 1. The summed E-state index contributed by atoms with van der Waals surface area (Å²) >= 11 is 6.59. The molecule has 1 aromatic heterocycles. The highest BCUT2D eigenvalue weighted by molar-refractivity contribution is 7.15. The van der Waals surface area contributed by atoms with Crippen molar-refractivity contribution in [1.29, 1.82) is 0 Å². The Hall–Kier alpha value is -1.99. The van der Waals surface area contributed by atoms with Gasteiger partial charge in [-0.05, 0) is 6.07 Å². The molecular weight excluding hydrogens is 280 g/mol. The molecule has 8 heteroatoms. The molecule has 0 fully saturated rings. The molecule has 0 aliphatic rings. The first-order chi connectivity index (χ1) is 8.61. The zero-order valence-corrected chi connectivity index (χ0v) is 10.3. The summed E-state index contributed by atoms with van der Waals surface area (Å²) in [5.41, 5.74) is -0.184. The number of nitro benzene ring substituents is 1. The minimum Gasteiger partial charge on any atom is -0.423 e. The molecule has 6 nitrogen and oxygen atoms in total. The summed E-state index contributed by atoms with van der Waals surface area (Å²) in [6.45, 7) is 0. The number of aromatic nitrogens is 1. The Kier molecular flexibility index (Phi) is 3.54. The number of nitro groups is 1. The number of aldehydes is 1. The van der Waals surface area contributed by atoms with E-state index in [0.29, 0.717) is 6.29 Å². The maximum Gasteiger partial charge on any atom is 0.311 e. The van der Waals surface area contributed by atoms with Gasteiger partial charge in [-0.2, -0.15) is 4.98 Å².